The van der Waals surface area contributed by atoms with E-state index in [0.29, 0.717) is 0 Å². The molecule has 1 aliphatic carbocycles. The van der Waals surface area contributed by atoms with Gasteiger partial charge in [-0.15, -0.1) is 0 Å². The van der Waals surface area contributed by atoms with Gasteiger partial charge in [-0.2, -0.15) is 0 Å². The highest BCUT2D eigenvalue weighted by Gasteiger charge is 2.35. The Kier molecular flexibility index (Phi) is 5.46. The summed E-state index contributed by atoms with van der Waals surface area (Å²) in [5.74, 6) is 0. The van der Waals surface area contributed by atoms with Gasteiger partial charge in [-0.25, -0.2) is 0 Å². The van der Waals surface area contributed by atoms with Crippen molar-refractivity contribution in [2.24, 2.45) is 0 Å². The van der Waals surface area contributed by atoms with Gasteiger partial charge in [0.15, 0.2) is 0 Å². The molecule has 0 heteroatoms. The van der Waals surface area contributed by atoms with Crippen LogP contribution in [0.15, 0.2) is 97.1 Å². The Morgan fingerprint density at radius 3 is 1.68 bits per heavy atom. The molecule has 0 spiro atoms. The fourth-order valence-electron chi connectivity index (χ4n) is 6.34. The molecule has 37 heavy (non-hydrogen) atoms. The minimum absolute atomic E-state index is 0.0222. The van der Waals surface area contributed by atoms with Gasteiger partial charge in [-0.05, 0) is 106 Å². The van der Waals surface area contributed by atoms with Crippen molar-refractivity contribution >= 4 is 0 Å². The Bertz CT molecular complexity index is 1680. The lowest BCUT2D eigenvalue weighted by Crippen LogP contribution is -2.15. The second-order valence-electron chi connectivity index (χ2n) is 11.2. The summed E-state index contributed by atoms with van der Waals surface area (Å²) < 4.78 is 0. The molecule has 182 valence electrons. The van der Waals surface area contributed by atoms with Crippen LogP contribution < -0.4 is 0 Å². The zero-order valence-corrected chi connectivity index (χ0v) is 22.7. The maximum absolute atomic E-state index is 2.45. The summed E-state index contributed by atoms with van der Waals surface area (Å²) in [6.45, 7) is 13.7. The standard InChI is InChI=1S/C37H34/c1-23-15-17-32-33-18-16-27(22-35(33)37(5,6)34(32)21-23)31-20-19-30(28-13-9-7-11-24(28)2)26(4)36(31)29-14-10-8-12-25(29)3/h7-22H,1-6H3. The summed E-state index contributed by atoms with van der Waals surface area (Å²) >= 11 is 0. The molecule has 0 fully saturated rings. The molecular weight excluding hydrogens is 444 g/mol. The van der Waals surface area contributed by atoms with Crippen molar-refractivity contribution in [1.82, 2.24) is 0 Å². The summed E-state index contributed by atoms with van der Waals surface area (Å²) in [5.41, 5.74) is 18.7. The summed E-state index contributed by atoms with van der Waals surface area (Å²) in [5, 5.41) is 0. The van der Waals surface area contributed by atoms with E-state index in [1.165, 1.54) is 77.9 Å². The van der Waals surface area contributed by atoms with E-state index in [1.807, 2.05) is 0 Å². The van der Waals surface area contributed by atoms with E-state index in [0.717, 1.165) is 0 Å². The molecular formula is C37H34. The van der Waals surface area contributed by atoms with Crippen LogP contribution in [-0.2, 0) is 5.41 Å². The summed E-state index contributed by atoms with van der Waals surface area (Å²) in [6, 6.07) is 36.2. The van der Waals surface area contributed by atoms with Crippen LogP contribution in [0, 0.1) is 27.7 Å². The van der Waals surface area contributed by atoms with Gasteiger partial charge >= 0.3 is 0 Å². The highest BCUT2D eigenvalue weighted by atomic mass is 14.4. The van der Waals surface area contributed by atoms with Crippen molar-refractivity contribution in [3.8, 4) is 44.5 Å². The molecule has 0 bridgehead atoms. The lowest BCUT2D eigenvalue weighted by Gasteiger charge is -2.23. The minimum Gasteiger partial charge on any atom is -0.0620 e. The van der Waals surface area contributed by atoms with Crippen LogP contribution in [0.4, 0.5) is 0 Å². The van der Waals surface area contributed by atoms with E-state index < -0.39 is 0 Å². The third-order valence-electron chi connectivity index (χ3n) is 8.46. The largest absolute Gasteiger partial charge is 0.0620 e. The predicted octanol–water partition coefficient (Wildman–Crippen LogP) is 10.2. The average molecular weight is 479 g/mol. The zero-order valence-electron chi connectivity index (χ0n) is 22.7. The molecule has 1 aliphatic rings. The van der Waals surface area contributed by atoms with Gasteiger partial charge in [-0.3, -0.25) is 0 Å². The lowest BCUT2D eigenvalue weighted by molar-refractivity contribution is 0.660. The fraction of sp³-hybridized carbons (Fsp3) is 0.189. The molecule has 0 amide bonds. The molecule has 0 radical (unpaired) electrons. The first-order valence-electron chi connectivity index (χ1n) is 13.3. The van der Waals surface area contributed by atoms with Crippen LogP contribution in [0.25, 0.3) is 44.5 Å². The monoisotopic (exact) mass is 478 g/mol. The quantitative estimate of drug-likeness (QED) is 0.242. The van der Waals surface area contributed by atoms with Crippen LogP contribution in [0.3, 0.4) is 0 Å². The van der Waals surface area contributed by atoms with E-state index in [9.17, 15) is 0 Å². The van der Waals surface area contributed by atoms with Crippen molar-refractivity contribution in [3.05, 3.63) is 130 Å². The maximum atomic E-state index is 2.45. The summed E-state index contributed by atoms with van der Waals surface area (Å²) in [6.07, 6.45) is 0. The van der Waals surface area contributed by atoms with Crippen LogP contribution in [-0.4, -0.2) is 0 Å². The molecule has 0 aliphatic heterocycles. The molecule has 0 saturated heterocycles. The molecule has 0 saturated carbocycles. The van der Waals surface area contributed by atoms with Crippen LogP contribution in [0.2, 0.25) is 0 Å². The Labute approximate surface area is 221 Å². The van der Waals surface area contributed by atoms with Crippen LogP contribution in [0.1, 0.15) is 47.2 Å². The van der Waals surface area contributed by atoms with Crippen molar-refractivity contribution in [2.45, 2.75) is 47.0 Å². The highest BCUT2D eigenvalue weighted by molar-refractivity contribution is 5.93. The number of hydrogen-bond acceptors (Lipinski definition) is 0. The SMILES string of the molecule is Cc1ccc2c(c1)C(C)(C)c1cc(-c3ccc(-c4ccccc4C)c(C)c3-c3ccccc3C)ccc1-2. The number of aryl methyl sites for hydroxylation is 3. The molecule has 0 nitrogen and oxygen atoms in total. The second-order valence-corrected chi connectivity index (χ2v) is 11.2. The third-order valence-corrected chi connectivity index (χ3v) is 8.46. The van der Waals surface area contributed by atoms with Gasteiger partial charge in [0.2, 0.25) is 0 Å². The van der Waals surface area contributed by atoms with E-state index in [2.05, 4.69) is 139 Å². The van der Waals surface area contributed by atoms with E-state index in [1.54, 1.807) is 0 Å². The second kappa shape index (κ2) is 8.60. The molecule has 0 aromatic heterocycles. The number of hydrogen-bond donors (Lipinski definition) is 0. The Morgan fingerprint density at radius 1 is 0.459 bits per heavy atom. The molecule has 0 N–H and O–H groups in total. The van der Waals surface area contributed by atoms with Crippen molar-refractivity contribution < 1.29 is 0 Å². The van der Waals surface area contributed by atoms with Crippen LogP contribution >= 0.6 is 0 Å². The Balaban J connectivity index is 1.60. The Morgan fingerprint density at radius 2 is 1.00 bits per heavy atom. The van der Waals surface area contributed by atoms with E-state index in [-0.39, 0.29) is 5.41 Å². The number of rotatable bonds is 3. The molecule has 6 rings (SSSR count). The van der Waals surface area contributed by atoms with E-state index in [4.69, 9.17) is 0 Å². The predicted molar refractivity (Wildman–Crippen MR) is 159 cm³/mol. The molecule has 0 unspecified atom stereocenters. The Hall–Kier alpha value is -3.90. The van der Waals surface area contributed by atoms with Crippen molar-refractivity contribution in [2.75, 3.05) is 0 Å². The minimum atomic E-state index is -0.0222. The topological polar surface area (TPSA) is 0 Å². The lowest BCUT2D eigenvalue weighted by atomic mass is 9.80. The van der Waals surface area contributed by atoms with Gasteiger partial charge in [0.05, 0.1) is 0 Å². The van der Waals surface area contributed by atoms with Crippen molar-refractivity contribution in [3.63, 3.8) is 0 Å². The van der Waals surface area contributed by atoms with E-state index >= 15 is 0 Å². The van der Waals surface area contributed by atoms with Gasteiger partial charge in [0.1, 0.15) is 0 Å². The number of fused-ring (bicyclic) bond motifs is 3. The fourth-order valence-corrected chi connectivity index (χ4v) is 6.34. The van der Waals surface area contributed by atoms with Crippen molar-refractivity contribution in [1.29, 1.82) is 0 Å². The van der Waals surface area contributed by atoms with Gasteiger partial charge in [0.25, 0.3) is 0 Å². The summed E-state index contributed by atoms with van der Waals surface area (Å²) in [7, 11) is 0. The first kappa shape index (κ1) is 23.5. The molecule has 0 heterocycles. The maximum Gasteiger partial charge on any atom is 0.0159 e. The first-order valence-corrected chi connectivity index (χ1v) is 13.3. The molecule has 5 aromatic carbocycles. The van der Waals surface area contributed by atoms with Gasteiger partial charge in [0, 0.05) is 5.41 Å². The summed E-state index contributed by atoms with van der Waals surface area (Å²) in [4.78, 5) is 0. The number of benzene rings is 5. The molecule has 5 aromatic rings. The molecule has 0 atom stereocenters. The normalized spacial score (nSPS) is 13.4. The van der Waals surface area contributed by atoms with Gasteiger partial charge < -0.3 is 0 Å². The average Bonchev–Trinajstić information content (AvgIpc) is 3.11. The highest BCUT2D eigenvalue weighted by Crippen LogP contribution is 2.51. The first-order chi connectivity index (χ1) is 17.8. The smallest absolute Gasteiger partial charge is 0.0159 e. The van der Waals surface area contributed by atoms with Crippen LogP contribution in [0.5, 0.6) is 0 Å². The zero-order chi connectivity index (χ0) is 25.9. The third kappa shape index (κ3) is 3.66. The van der Waals surface area contributed by atoms with Gasteiger partial charge in [-0.1, -0.05) is 110 Å².